The summed E-state index contributed by atoms with van der Waals surface area (Å²) in [6.45, 7) is 3.38. The van der Waals surface area contributed by atoms with Crippen molar-refractivity contribution in [1.82, 2.24) is 15.5 Å². The second kappa shape index (κ2) is 9.20. The molecule has 1 fully saturated rings. The first kappa shape index (κ1) is 17.3. The molecule has 3 N–H and O–H groups in total. The van der Waals surface area contributed by atoms with Crippen LogP contribution in [-0.4, -0.2) is 53.6 Å². The molecule has 0 aromatic carbocycles. The molecule has 1 aliphatic heterocycles. The van der Waals surface area contributed by atoms with Crippen molar-refractivity contribution in [3.8, 4) is 0 Å². The average molecular weight is 299 g/mol. The van der Waals surface area contributed by atoms with E-state index in [9.17, 15) is 14.4 Å². The molecule has 7 heteroatoms. The molecule has 1 unspecified atom stereocenters. The Morgan fingerprint density at radius 1 is 1.19 bits per heavy atom. The molecule has 0 radical (unpaired) electrons. The van der Waals surface area contributed by atoms with Crippen LogP contribution in [-0.2, 0) is 9.59 Å². The first-order chi connectivity index (χ1) is 10.0. The fourth-order valence-electron chi connectivity index (χ4n) is 2.43. The number of hydrogen-bond donors (Lipinski definition) is 3. The Balaban J connectivity index is 2.30. The highest BCUT2D eigenvalue weighted by molar-refractivity contribution is 5.84. The fourth-order valence-corrected chi connectivity index (χ4v) is 2.43. The number of likely N-dealkylation sites (tertiary alicyclic amines) is 1. The molecule has 1 heterocycles. The summed E-state index contributed by atoms with van der Waals surface area (Å²) in [5.74, 6) is -1.03. The van der Waals surface area contributed by atoms with Crippen LogP contribution < -0.4 is 10.6 Å². The Morgan fingerprint density at radius 3 is 2.43 bits per heavy atom. The standard InChI is InChI=1S/C14H25N3O4/c1-2-6-11(9-13(19)20)16-14(21)15-10-12(18)17-7-4-3-5-8-17/h11H,2-10H2,1H3,(H,19,20)(H2,15,16,21). The summed E-state index contributed by atoms with van der Waals surface area (Å²) in [5.41, 5.74) is 0. The molecule has 0 spiro atoms. The first-order valence-corrected chi connectivity index (χ1v) is 7.56. The second-order valence-corrected chi connectivity index (χ2v) is 5.35. The SMILES string of the molecule is CCCC(CC(=O)O)NC(=O)NCC(=O)N1CCCCC1. The number of carbonyl (C=O) groups excluding carboxylic acids is 2. The van der Waals surface area contributed by atoms with E-state index < -0.39 is 18.0 Å². The Hall–Kier alpha value is -1.79. The van der Waals surface area contributed by atoms with E-state index >= 15 is 0 Å². The van der Waals surface area contributed by atoms with Crippen LogP contribution in [0.3, 0.4) is 0 Å². The van der Waals surface area contributed by atoms with Crippen LogP contribution in [0.4, 0.5) is 4.79 Å². The fraction of sp³-hybridized carbons (Fsp3) is 0.786. The zero-order valence-corrected chi connectivity index (χ0v) is 12.6. The number of nitrogens with one attached hydrogen (secondary N) is 2. The van der Waals surface area contributed by atoms with E-state index in [1.54, 1.807) is 4.90 Å². The number of aliphatic carboxylic acids is 1. The third-order valence-electron chi connectivity index (χ3n) is 3.50. The van der Waals surface area contributed by atoms with Gasteiger partial charge in [-0.1, -0.05) is 13.3 Å². The maximum absolute atomic E-state index is 11.9. The number of nitrogens with zero attached hydrogens (tertiary/aromatic N) is 1. The van der Waals surface area contributed by atoms with Gasteiger partial charge in [-0.2, -0.15) is 0 Å². The molecule has 3 amide bonds. The molecular weight excluding hydrogens is 274 g/mol. The highest BCUT2D eigenvalue weighted by Crippen LogP contribution is 2.08. The minimum atomic E-state index is -0.946. The number of piperidine rings is 1. The van der Waals surface area contributed by atoms with Crippen molar-refractivity contribution >= 4 is 17.9 Å². The van der Waals surface area contributed by atoms with Crippen molar-refractivity contribution in [1.29, 1.82) is 0 Å². The lowest BCUT2D eigenvalue weighted by Crippen LogP contribution is -2.48. The third kappa shape index (κ3) is 6.97. The zero-order chi connectivity index (χ0) is 15.7. The summed E-state index contributed by atoms with van der Waals surface area (Å²) >= 11 is 0. The van der Waals surface area contributed by atoms with Crippen LogP contribution in [0, 0.1) is 0 Å². The highest BCUT2D eigenvalue weighted by Gasteiger charge is 2.18. The molecule has 0 aliphatic carbocycles. The van der Waals surface area contributed by atoms with Gasteiger partial charge in [-0.3, -0.25) is 9.59 Å². The van der Waals surface area contributed by atoms with Crippen LogP contribution in [0.25, 0.3) is 0 Å². The Labute approximate surface area is 125 Å². The largest absolute Gasteiger partial charge is 0.481 e. The monoisotopic (exact) mass is 299 g/mol. The molecule has 0 aromatic heterocycles. The smallest absolute Gasteiger partial charge is 0.315 e. The molecule has 21 heavy (non-hydrogen) atoms. The van der Waals surface area contributed by atoms with Gasteiger partial charge in [0.2, 0.25) is 5.91 Å². The van der Waals surface area contributed by atoms with E-state index in [1.165, 1.54) is 0 Å². The van der Waals surface area contributed by atoms with Crippen LogP contribution in [0.5, 0.6) is 0 Å². The van der Waals surface area contributed by atoms with Crippen molar-refractivity contribution in [2.24, 2.45) is 0 Å². The number of carboxylic acid groups (broad SMARTS) is 1. The zero-order valence-electron chi connectivity index (χ0n) is 12.6. The van der Waals surface area contributed by atoms with E-state index in [-0.39, 0.29) is 18.9 Å². The minimum absolute atomic E-state index is 0.0439. The lowest BCUT2D eigenvalue weighted by atomic mass is 10.1. The molecule has 0 aromatic rings. The van der Waals surface area contributed by atoms with Gasteiger partial charge in [0.1, 0.15) is 0 Å². The van der Waals surface area contributed by atoms with E-state index in [2.05, 4.69) is 10.6 Å². The molecule has 0 saturated carbocycles. The Kier molecular flexibility index (Phi) is 7.56. The molecule has 120 valence electrons. The second-order valence-electron chi connectivity index (χ2n) is 5.35. The Morgan fingerprint density at radius 2 is 1.86 bits per heavy atom. The van der Waals surface area contributed by atoms with Gasteiger partial charge in [-0.05, 0) is 25.7 Å². The summed E-state index contributed by atoms with van der Waals surface area (Å²) < 4.78 is 0. The topological polar surface area (TPSA) is 98.7 Å². The van der Waals surface area contributed by atoms with Gasteiger partial charge in [0, 0.05) is 19.1 Å². The number of hydrogen-bond acceptors (Lipinski definition) is 3. The normalized spacial score (nSPS) is 16.1. The molecule has 7 nitrogen and oxygen atoms in total. The van der Waals surface area contributed by atoms with Crippen molar-refractivity contribution in [2.45, 2.75) is 51.5 Å². The molecule has 1 atom stereocenters. The molecule has 1 saturated heterocycles. The quantitative estimate of drug-likeness (QED) is 0.651. The number of carboxylic acids is 1. The molecule has 1 aliphatic rings. The predicted octanol–water partition coefficient (Wildman–Crippen LogP) is 0.941. The van der Waals surface area contributed by atoms with Crippen molar-refractivity contribution in [3.05, 3.63) is 0 Å². The van der Waals surface area contributed by atoms with Crippen molar-refractivity contribution in [3.63, 3.8) is 0 Å². The van der Waals surface area contributed by atoms with Gasteiger partial charge in [0.15, 0.2) is 0 Å². The van der Waals surface area contributed by atoms with Gasteiger partial charge in [-0.15, -0.1) is 0 Å². The van der Waals surface area contributed by atoms with Gasteiger partial charge in [0.25, 0.3) is 0 Å². The third-order valence-corrected chi connectivity index (χ3v) is 3.50. The molecular formula is C14H25N3O4. The summed E-state index contributed by atoms with van der Waals surface area (Å²) in [6, 6.07) is -0.891. The maximum Gasteiger partial charge on any atom is 0.315 e. The average Bonchev–Trinajstić information content (AvgIpc) is 2.45. The van der Waals surface area contributed by atoms with Crippen LogP contribution >= 0.6 is 0 Å². The van der Waals surface area contributed by atoms with E-state index in [1.807, 2.05) is 6.92 Å². The van der Waals surface area contributed by atoms with Gasteiger partial charge < -0.3 is 20.6 Å². The van der Waals surface area contributed by atoms with Gasteiger partial charge in [-0.25, -0.2) is 4.79 Å². The van der Waals surface area contributed by atoms with Crippen LogP contribution in [0.1, 0.15) is 45.4 Å². The van der Waals surface area contributed by atoms with Gasteiger partial charge in [0.05, 0.1) is 13.0 Å². The van der Waals surface area contributed by atoms with Crippen molar-refractivity contribution in [2.75, 3.05) is 19.6 Å². The van der Waals surface area contributed by atoms with Gasteiger partial charge >= 0.3 is 12.0 Å². The maximum atomic E-state index is 11.9. The summed E-state index contributed by atoms with van der Waals surface area (Å²) in [4.78, 5) is 36.1. The van der Waals surface area contributed by atoms with Crippen LogP contribution in [0.15, 0.2) is 0 Å². The number of amides is 3. The Bertz CT molecular complexity index is 367. The first-order valence-electron chi connectivity index (χ1n) is 7.56. The van der Waals surface area contributed by atoms with E-state index in [0.717, 1.165) is 38.8 Å². The molecule has 1 rings (SSSR count). The number of carbonyl (C=O) groups is 3. The van der Waals surface area contributed by atoms with E-state index in [0.29, 0.717) is 6.42 Å². The lowest BCUT2D eigenvalue weighted by molar-refractivity contribution is -0.137. The van der Waals surface area contributed by atoms with Crippen molar-refractivity contribution < 1.29 is 19.5 Å². The summed E-state index contributed by atoms with van der Waals surface area (Å²) in [6.07, 6.45) is 4.43. The molecule has 0 bridgehead atoms. The highest BCUT2D eigenvalue weighted by atomic mass is 16.4. The van der Waals surface area contributed by atoms with E-state index in [4.69, 9.17) is 5.11 Å². The summed E-state index contributed by atoms with van der Waals surface area (Å²) in [5, 5.41) is 13.9. The number of urea groups is 1. The lowest BCUT2D eigenvalue weighted by Gasteiger charge is -2.27. The van der Waals surface area contributed by atoms with Crippen LogP contribution in [0.2, 0.25) is 0 Å². The minimum Gasteiger partial charge on any atom is -0.481 e. The summed E-state index contributed by atoms with van der Waals surface area (Å²) in [7, 11) is 0. The predicted molar refractivity (Wildman–Crippen MR) is 77.9 cm³/mol. The number of rotatable bonds is 7.